The zero-order valence-corrected chi connectivity index (χ0v) is 10.4. The summed E-state index contributed by atoms with van der Waals surface area (Å²) >= 11 is 0. The van der Waals surface area contributed by atoms with E-state index in [1.165, 1.54) is 0 Å². The van der Waals surface area contributed by atoms with Gasteiger partial charge in [-0.25, -0.2) is 4.98 Å². The van der Waals surface area contributed by atoms with Crippen molar-refractivity contribution >= 4 is 12.0 Å². The van der Waals surface area contributed by atoms with Gasteiger partial charge in [-0.3, -0.25) is 5.43 Å². The summed E-state index contributed by atoms with van der Waals surface area (Å²) in [6.07, 6.45) is 3.45. The predicted molar refractivity (Wildman–Crippen MR) is 73.2 cm³/mol. The minimum atomic E-state index is 0.716. The molecule has 2 rings (SSSR count). The SMILES string of the molecule is COc1cc(/C=N\Nc2ccccn2)ccc1C. The molecular weight excluding hydrogens is 226 g/mol. The summed E-state index contributed by atoms with van der Waals surface area (Å²) < 4.78 is 5.26. The molecule has 0 amide bonds. The van der Waals surface area contributed by atoms with Crippen LogP contribution in [0.2, 0.25) is 0 Å². The molecule has 0 fully saturated rings. The van der Waals surface area contributed by atoms with Crippen molar-refractivity contribution in [3.8, 4) is 5.75 Å². The molecule has 92 valence electrons. The molecule has 0 spiro atoms. The molecule has 0 radical (unpaired) electrons. The Labute approximate surface area is 106 Å². The Morgan fingerprint density at radius 3 is 2.89 bits per heavy atom. The molecule has 1 heterocycles. The number of nitrogens with zero attached hydrogens (tertiary/aromatic N) is 2. The van der Waals surface area contributed by atoms with Gasteiger partial charge in [-0.05, 0) is 36.2 Å². The second-order valence-corrected chi connectivity index (χ2v) is 3.81. The van der Waals surface area contributed by atoms with Gasteiger partial charge in [0.1, 0.15) is 11.6 Å². The topological polar surface area (TPSA) is 46.5 Å². The van der Waals surface area contributed by atoms with Gasteiger partial charge in [0, 0.05) is 6.20 Å². The fourth-order valence-corrected chi connectivity index (χ4v) is 1.52. The summed E-state index contributed by atoms with van der Waals surface area (Å²) in [6, 6.07) is 11.5. The molecule has 0 saturated carbocycles. The molecule has 18 heavy (non-hydrogen) atoms. The van der Waals surface area contributed by atoms with Crippen LogP contribution in [0.5, 0.6) is 5.75 Å². The van der Waals surface area contributed by atoms with Crippen LogP contribution in [-0.2, 0) is 0 Å². The van der Waals surface area contributed by atoms with Crippen LogP contribution in [-0.4, -0.2) is 18.3 Å². The van der Waals surface area contributed by atoms with E-state index in [0.29, 0.717) is 5.82 Å². The van der Waals surface area contributed by atoms with Crippen LogP contribution in [0.25, 0.3) is 0 Å². The third kappa shape index (κ3) is 3.07. The molecule has 0 aliphatic carbocycles. The second-order valence-electron chi connectivity index (χ2n) is 3.81. The van der Waals surface area contributed by atoms with Crippen molar-refractivity contribution in [3.63, 3.8) is 0 Å². The summed E-state index contributed by atoms with van der Waals surface area (Å²) in [5.41, 5.74) is 4.94. The Morgan fingerprint density at radius 2 is 2.17 bits per heavy atom. The number of anilines is 1. The second kappa shape index (κ2) is 5.82. The van der Waals surface area contributed by atoms with Gasteiger partial charge in [-0.1, -0.05) is 18.2 Å². The third-order valence-corrected chi connectivity index (χ3v) is 2.49. The van der Waals surface area contributed by atoms with Crippen LogP contribution in [0.3, 0.4) is 0 Å². The normalized spacial score (nSPS) is 10.6. The lowest BCUT2D eigenvalue weighted by Crippen LogP contribution is -1.94. The highest BCUT2D eigenvalue weighted by Crippen LogP contribution is 2.17. The Morgan fingerprint density at radius 1 is 1.28 bits per heavy atom. The van der Waals surface area contributed by atoms with Crippen molar-refractivity contribution in [1.82, 2.24) is 4.98 Å². The molecular formula is C14H15N3O. The number of hydrogen-bond acceptors (Lipinski definition) is 4. The summed E-state index contributed by atoms with van der Waals surface area (Å²) in [6.45, 7) is 2.01. The molecule has 1 aromatic heterocycles. The minimum Gasteiger partial charge on any atom is -0.496 e. The van der Waals surface area contributed by atoms with Crippen LogP contribution in [0.4, 0.5) is 5.82 Å². The van der Waals surface area contributed by atoms with E-state index in [0.717, 1.165) is 16.9 Å². The van der Waals surface area contributed by atoms with Gasteiger partial charge >= 0.3 is 0 Å². The van der Waals surface area contributed by atoms with Crippen molar-refractivity contribution < 1.29 is 4.74 Å². The predicted octanol–water partition coefficient (Wildman–Crippen LogP) is 2.84. The van der Waals surface area contributed by atoms with Crippen molar-refractivity contribution in [1.29, 1.82) is 0 Å². The zero-order chi connectivity index (χ0) is 12.8. The van der Waals surface area contributed by atoms with E-state index in [9.17, 15) is 0 Å². The van der Waals surface area contributed by atoms with E-state index in [1.807, 2.05) is 43.3 Å². The molecule has 0 atom stereocenters. The standard InChI is InChI=1S/C14H15N3O/c1-11-6-7-12(9-13(11)18-2)10-16-17-14-5-3-4-8-15-14/h3-10H,1-2H3,(H,15,17)/b16-10-. The Hall–Kier alpha value is -2.36. The summed E-state index contributed by atoms with van der Waals surface area (Å²) in [5, 5.41) is 4.12. The maximum atomic E-state index is 5.26. The first kappa shape index (κ1) is 12.1. The molecule has 1 N–H and O–H groups in total. The smallest absolute Gasteiger partial charge is 0.146 e. The molecule has 4 heteroatoms. The Bertz CT molecular complexity index is 538. The number of rotatable bonds is 4. The molecule has 1 aromatic carbocycles. The maximum Gasteiger partial charge on any atom is 0.146 e. The highest BCUT2D eigenvalue weighted by atomic mass is 16.5. The number of methoxy groups -OCH3 is 1. The van der Waals surface area contributed by atoms with E-state index in [1.54, 1.807) is 19.5 Å². The summed E-state index contributed by atoms with van der Waals surface area (Å²) in [5.74, 6) is 1.57. The average Bonchev–Trinajstić information content (AvgIpc) is 2.42. The molecule has 0 bridgehead atoms. The highest BCUT2D eigenvalue weighted by molar-refractivity contribution is 5.81. The number of benzene rings is 1. The average molecular weight is 241 g/mol. The lowest BCUT2D eigenvalue weighted by atomic mass is 10.1. The van der Waals surface area contributed by atoms with Gasteiger partial charge < -0.3 is 4.74 Å². The molecule has 4 nitrogen and oxygen atoms in total. The van der Waals surface area contributed by atoms with Crippen LogP contribution < -0.4 is 10.2 Å². The monoisotopic (exact) mass is 241 g/mol. The van der Waals surface area contributed by atoms with Gasteiger partial charge in [0.2, 0.25) is 0 Å². The number of aromatic nitrogens is 1. The third-order valence-electron chi connectivity index (χ3n) is 2.49. The van der Waals surface area contributed by atoms with E-state index < -0.39 is 0 Å². The number of aryl methyl sites for hydroxylation is 1. The summed E-state index contributed by atoms with van der Waals surface area (Å²) in [7, 11) is 1.66. The molecule has 0 aliphatic rings. The fraction of sp³-hybridized carbons (Fsp3) is 0.143. The van der Waals surface area contributed by atoms with Crippen LogP contribution in [0.1, 0.15) is 11.1 Å². The first-order valence-corrected chi connectivity index (χ1v) is 5.64. The zero-order valence-electron chi connectivity index (χ0n) is 10.4. The number of pyridine rings is 1. The van der Waals surface area contributed by atoms with Crippen LogP contribution in [0.15, 0.2) is 47.7 Å². The first-order chi connectivity index (χ1) is 8.79. The van der Waals surface area contributed by atoms with Crippen molar-refractivity contribution in [2.75, 3.05) is 12.5 Å². The van der Waals surface area contributed by atoms with Gasteiger partial charge in [0.05, 0.1) is 13.3 Å². The van der Waals surface area contributed by atoms with E-state index in [-0.39, 0.29) is 0 Å². The highest BCUT2D eigenvalue weighted by Gasteiger charge is 1.98. The Balaban J connectivity index is 2.05. The van der Waals surface area contributed by atoms with Crippen LogP contribution >= 0.6 is 0 Å². The van der Waals surface area contributed by atoms with E-state index in [4.69, 9.17) is 4.74 Å². The maximum absolute atomic E-state index is 5.26. The van der Waals surface area contributed by atoms with Gasteiger partial charge in [-0.15, -0.1) is 0 Å². The molecule has 0 aliphatic heterocycles. The van der Waals surface area contributed by atoms with Crippen molar-refractivity contribution in [2.45, 2.75) is 6.92 Å². The molecule has 2 aromatic rings. The summed E-state index contributed by atoms with van der Waals surface area (Å²) in [4.78, 5) is 4.11. The van der Waals surface area contributed by atoms with Crippen LogP contribution in [0, 0.1) is 6.92 Å². The van der Waals surface area contributed by atoms with Gasteiger partial charge in [0.15, 0.2) is 0 Å². The minimum absolute atomic E-state index is 0.716. The number of ether oxygens (including phenoxy) is 1. The molecule has 0 saturated heterocycles. The largest absolute Gasteiger partial charge is 0.496 e. The first-order valence-electron chi connectivity index (χ1n) is 5.64. The van der Waals surface area contributed by atoms with Crippen molar-refractivity contribution in [2.24, 2.45) is 5.10 Å². The van der Waals surface area contributed by atoms with E-state index >= 15 is 0 Å². The number of nitrogens with one attached hydrogen (secondary N) is 1. The number of hydrogen-bond donors (Lipinski definition) is 1. The quantitative estimate of drug-likeness (QED) is 0.661. The fourth-order valence-electron chi connectivity index (χ4n) is 1.52. The van der Waals surface area contributed by atoms with Gasteiger partial charge in [-0.2, -0.15) is 5.10 Å². The Kier molecular flexibility index (Phi) is 3.91. The van der Waals surface area contributed by atoms with E-state index in [2.05, 4.69) is 15.5 Å². The lowest BCUT2D eigenvalue weighted by Gasteiger charge is -2.04. The lowest BCUT2D eigenvalue weighted by molar-refractivity contribution is 0.411. The molecule has 0 unspecified atom stereocenters. The van der Waals surface area contributed by atoms with Gasteiger partial charge in [0.25, 0.3) is 0 Å². The number of hydrazone groups is 1. The van der Waals surface area contributed by atoms with Crippen molar-refractivity contribution in [3.05, 3.63) is 53.7 Å².